The molecule has 0 amide bonds. The molecular weight excluding hydrogens is 435 g/mol. The number of benzene rings is 4. The van der Waals surface area contributed by atoms with Crippen LogP contribution in [0.5, 0.6) is 5.75 Å². The number of hydrogen-bond donors (Lipinski definition) is 0. The van der Waals surface area contributed by atoms with E-state index in [0.29, 0.717) is 0 Å². The molecule has 0 fully saturated rings. The number of halogens is 1. The zero-order valence-electron chi connectivity index (χ0n) is 18.4. The van der Waals surface area contributed by atoms with Crippen molar-refractivity contribution >= 4 is 17.1 Å². The summed E-state index contributed by atoms with van der Waals surface area (Å²) in [5, 5.41) is 0. The molecule has 0 unspecified atom stereocenters. The van der Waals surface area contributed by atoms with Crippen LogP contribution in [0.25, 0.3) is 0 Å². The van der Waals surface area contributed by atoms with Crippen LogP contribution in [0, 0.1) is 5.82 Å². The maximum Gasteiger partial charge on any atom is 0.514 e. The number of rotatable bonds is 6. The van der Waals surface area contributed by atoms with Crippen molar-refractivity contribution in [3.63, 3.8) is 0 Å². The Balaban J connectivity index is 1.62. The number of carbonyl (C=O) groups excluding carboxylic acids is 1. The van der Waals surface area contributed by atoms with Crippen LogP contribution in [0.2, 0.25) is 0 Å². The van der Waals surface area contributed by atoms with Crippen molar-refractivity contribution in [3.05, 3.63) is 121 Å². The van der Waals surface area contributed by atoms with Crippen molar-refractivity contribution in [2.75, 3.05) is 0 Å². The lowest BCUT2D eigenvalue weighted by Crippen LogP contribution is -2.27. The SMILES string of the molecule is CC(C)(OC(=O)Oc1cc([S+](c2ccccc2)c2ccccc2)ccc1F)c1ccccc1. The molecule has 166 valence electrons. The number of hydrogen-bond acceptors (Lipinski definition) is 3. The Labute approximate surface area is 196 Å². The highest BCUT2D eigenvalue weighted by Gasteiger charge is 2.31. The van der Waals surface area contributed by atoms with Gasteiger partial charge in [-0.1, -0.05) is 66.7 Å². The minimum Gasteiger partial charge on any atom is -0.423 e. The Morgan fingerprint density at radius 2 is 1.24 bits per heavy atom. The fraction of sp³-hybridized carbons (Fsp3) is 0.107. The highest BCUT2D eigenvalue weighted by Crippen LogP contribution is 2.34. The van der Waals surface area contributed by atoms with Crippen LogP contribution in [0.3, 0.4) is 0 Å². The molecule has 0 saturated carbocycles. The molecule has 5 heteroatoms. The highest BCUT2D eigenvalue weighted by atomic mass is 32.2. The first-order chi connectivity index (χ1) is 15.9. The fourth-order valence-electron chi connectivity index (χ4n) is 3.43. The lowest BCUT2D eigenvalue weighted by Gasteiger charge is -2.24. The van der Waals surface area contributed by atoms with Gasteiger partial charge in [-0.05, 0) is 55.8 Å². The van der Waals surface area contributed by atoms with Gasteiger partial charge in [-0.2, -0.15) is 0 Å². The van der Waals surface area contributed by atoms with E-state index >= 15 is 0 Å². The Bertz CT molecular complexity index is 1170. The molecule has 0 saturated heterocycles. The first-order valence-corrected chi connectivity index (χ1v) is 11.8. The van der Waals surface area contributed by atoms with Gasteiger partial charge in [0.05, 0.1) is 10.9 Å². The molecule has 4 aromatic rings. The van der Waals surface area contributed by atoms with Crippen LogP contribution in [0.15, 0.2) is 124 Å². The van der Waals surface area contributed by atoms with E-state index in [1.54, 1.807) is 26.0 Å². The van der Waals surface area contributed by atoms with Crippen molar-refractivity contribution < 1.29 is 18.7 Å². The van der Waals surface area contributed by atoms with Gasteiger partial charge in [0.25, 0.3) is 0 Å². The summed E-state index contributed by atoms with van der Waals surface area (Å²) < 4.78 is 25.5. The largest absolute Gasteiger partial charge is 0.514 e. The number of ether oxygens (including phenoxy) is 2. The van der Waals surface area contributed by atoms with Crippen molar-refractivity contribution in [3.8, 4) is 5.75 Å². The van der Waals surface area contributed by atoms with Crippen molar-refractivity contribution in [1.29, 1.82) is 0 Å². The van der Waals surface area contributed by atoms with Crippen molar-refractivity contribution in [2.45, 2.75) is 34.1 Å². The summed E-state index contributed by atoms with van der Waals surface area (Å²) in [5.74, 6) is -0.788. The van der Waals surface area contributed by atoms with Crippen molar-refractivity contribution in [2.24, 2.45) is 0 Å². The molecule has 0 aliphatic rings. The molecular formula is C28H24FO3S+. The maximum absolute atomic E-state index is 14.6. The van der Waals surface area contributed by atoms with E-state index in [4.69, 9.17) is 9.47 Å². The second kappa shape index (κ2) is 9.92. The van der Waals surface area contributed by atoms with Crippen LogP contribution in [-0.4, -0.2) is 6.16 Å². The summed E-state index contributed by atoms with van der Waals surface area (Å²) in [5.41, 5.74) is -0.115. The summed E-state index contributed by atoms with van der Waals surface area (Å²) in [6, 6.07) is 33.9. The molecule has 0 aliphatic heterocycles. The van der Waals surface area contributed by atoms with Gasteiger partial charge in [0, 0.05) is 6.07 Å². The van der Waals surface area contributed by atoms with Gasteiger partial charge in [0.1, 0.15) is 5.60 Å². The van der Waals surface area contributed by atoms with E-state index in [2.05, 4.69) is 0 Å². The third-order valence-electron chi connectivity index (χ3n) is 5.10. The molecule has 0 aromatic heterocycles. The van der Waals surface area contributed by atoms with Gasteiger partial charge in [-0.15, -0.1) is 0 Å². The van der Waals surface area contributed by atoms with Gasteiger partial charge in [0.15, 0.2) is 26.3 Å². The molecule has 0 atom stereocenters. The smallest absolute Gasteiger partial charge is 0.423 e. The Kier molecular flexibility index (Phi) is 6.80. The van der Waals surface area contributed by atoms with E-state index in [1.807, 2.05) is 91.0 Å². The van der Waals surface area contributed by atoms with Crippen LogP contribution in [0.1, 0.15) is 19.4 Å². The first-order valence-electron chi connectivity index (χ1n) is 10.5. The van der Waals surface area contributed by atoms with Crippen LogP contribution in [0.4, 0.5) is 9.18 Å². The van der Waals surface area contributed by atoms with Crippen molar-refractivity contribution in [1.82, 2.24) is 0 Å². The molecule has 0 spiro atoms. The Morgan fingerprint density at radius 1 is 0.727 bits per heavy atom. The minimum atomic E-state index is -0.959. The quantitative estimate of drug-likeness (QED) is 0.172. The molecule has 3 nitrogen and oxygen atoms in total. The monoisotopic (exact) mass is 459 g/mol. The standard InChI is InChI=1S/C28H24FO3S/c1-28(2,21-12-6-3-7-13-21)32-27(30)31-26-20-24(18-19-25(26)29)33(22-14-8-4-9-15-22)23-16-10-5-11-17-23/h3-20H,1-2H3/q+1. The fourth-order valence-corrected chi connectivity index (χ4v) is 5.53. The second-order valence-corrected chi connectivity index (χ2v) is 9.88. The summed E-state index contributed by atoms with van der Waals surface area (Å²) in [7, 11) is -0.496. The predicted octanol–water partition coefficient (Wildman–Crippen LogP) is 7.37. The third kappa shape index (κ3) is 5.44. The zero-order chi connectivity index (χ0) is 23.3. The average molecular weight is 460 g/mol. The molecule has 33 heavy (non-hydrogen) atoms. The molecule has 0 N–H and O–H groups in total. The van der Waals surface area contributed by atoms with E-state index in [1.165, 1.54) is 6.07 Å². The van der Waals surface area contributed by atoms with Crippen LogP contribution in [-0.2, 0) is 21.2 Å². The Hall–Kier alpha value is -3.57. The summed E-state index contributed by atoms with van der Waals surface area (Å²) in [6.45, 7) is 3.52. The number of carbonyl (C=O) groups is 1. The summed E-state index contributed by atoms with van der Waals surface area (Å²) in [6.07, 6.45) is -0.959. The molecule has 0 radical (unpaired) electrons. The van der Waals surface area contributed by atoms with E-state index < -0.39 is 28.5 Å². The van der Waals surface area contributed by atoms with Gasteiger partial charge < -0.3 is 9.47 Å². The van der Waals surface area contributed by atoms with Gasteiger partial charge in [-0.3, -0.25) is 0 Å². The molecule has 4 rings (SSSR count). The summed E-state index contributed by atoms with van der Waals surface area (Å²) >= 11 is 0. The lowest BCUT2D eigenvalue weighted by atomic mass is 9.98. The minimum absolute atomic E-state index is 0.161. The molecule has 0 aliphatic carbocycles. The lowest BCUT2D eigenvalue weighted by molar-refractivity contribution is 0.00561. The van der Waals surface area contributed by atoms with E-state index in [9.17, 15) is 9.18 Å². The maximum atomic E-state index is 14.6. The molecule has 4 aromatic carbocycles. The van der Waals surface area contributed by atoms with Crippen LogP contribution < -0.4 is 4.74 Å². The third-order valence-corrected chi connectivity index (χ3v) is 7.31. The molecule has 0 heterocycles. The van der Waals surface area contributed by atoms with Gasteiger partial charge in [0.2, 0.25) is 0 Å². The van der Waals surface area contributed by atoms with E-state index in [0.717, 1.165) is 20.2 Å². The first kappa shape index (κ1) is 22.6. The Morgan fingerprint density at radius 3 is 1.79 bits per heavy atom. The average Bonchev–Trinajstić information content (AvgIpc) is 2.83. The zero-order valence-corrected chi connectivity index (χ0v) is 19.2. The van der Waals surface area contributed by atoms with Gasteiger partial charge >= 0.3 is 6.16 Å². The second-order valence-electron chi connectivity index (χ2n) is 7.85. The van der Waals surface area contributed by atoms with Crippen LogP contribution >= 0.6 is 0 Å². The topological polar surface area (TPSA) is 35.5 Å². The summed E-state index contributed by atoms with van der Waals surface area (Å²) in [4.78, 5) is 15.6. The highest BCUT2D eigenvalue weighted by molar-refractivity contribution is 7.97. The predicted molar refractivity (Wildman–Crippen MR) is 128 cm³/mol. The molecule has 0 bridgehead atoms. The normalized spacial score (nSPS) is 11.3. The van der Waals surface area contributed by atoms with E-state index in [-0.39, 0.29) is 5.75 Å². The van der Waals surface area contributed by atoms with Gasteiger partial charge in [-0.25, -0.2) is 9.18 Å².